The van der Waals surface area contributed by atoms with Gasteiger partial charge in [0.05, 0.1) is 20.2 Å². The molecule has 0 atom stereocenters. The highest BCUT2D eigenvalue weighted by Crippen LogP contribution is 2.41. The summed E-state index contributed by atoms with van der Waals surface area (Å²) in [6.45, 7) is 0. The summed E-state index contributed by atoms with van der Waals surface area (Å²) < 4.78 is 22.9. The topological polar surface area (TPSA) is 73.1 Å². The van der Waals surface area contributed by atoms with Crippen LogP contribution in [0.4, 0.5) is 0 Å². The zero-order chi connectivity index (χ0) is 10.3. The largest absolute Gasteiger partial charge is 0.248 e. The standard InChI is InChI=1S/C7H9BrN2O2S2/c8-6-3-10-7(13-6)4-1-5(2-4)14(9,11)12/h3-5H,1-2H2,(H2,9,11,12). The number of nitrogens with zero attached hydrogens (tertiary/aromatic N) is 1. The highest BCUT2D eigenvalue weighted by molar-refractivity contribution is 9.11. The van der Waals surface area contributed by atoms with Gasteiger partial charge >= 0.3 is 0 Å². The van der Waals surface area contributed by atoms with Gasteiger partial charge in [-0.05, 0) is 28.8 Å². The van der Waals surface area contributed by atoms with Crippen molar-refractivity contribution < 1.29 is 8.42 Å². The first-order chi connectivity index (χ1) is 6.47. The van der Waals surface area contributed by atoms with Crippen LogP contribution in [0.15, 0.2) is 9.98 Å². The molecule has 0 amide bonds. The molecule has 1 fully saturated rings. The number of primary sulfonamides is 1. The van der Waals surface area contributed by atoms with E-state index in [4.69, 9.17) is 5.14 Å². The second-order valence-electron chi connectivity index (χ2n) is 3.38. The van der Waals surface area contributed by atoms with Gasteiger partial charge in [0.25, 0.3) is 0 Å². The molecule has 1 aliphatic carbocycles. The van der Waals surface area contributed by atoms with Crippen LogP contribution in [0.25, 0.3) is 0 Å². The molecule has 2 N–H and O–H groups in total. The Morgan fingerprint density at radius 3 is 2.64 bits per heavy atom. The summed E-state index contributed by atoms with van der Waals surface area (Å²) in [4.78, 5) is 4.19. The molecule has 1 aromatic heterocycles. The Hall–Kier alpha value is 0.0200. The Morgan fingerprint density at radius 1 is 1.57 bits per heavy atom. The SMILES string of the molecule is NS(=O)(=O)C1CC(c2ncc(Br)s2)C1. The summed E-state index contributed by atoms with van der Waals surface area (Å²) >= 11 is 4.88. The number of thiazole rings is 1. The average Bonchev–Trinajstić information content (AvgIpc) is 2.28. The predicted octanol–water partition coefficient (Wildman–Crippen LogP) is 1.44. The zero-order valence-corrected chi connectivity index (χ0v) is 10.4. The number of aromatic nitrogens is 1. The molecule has 7 heteroatoms. The average molecular weight is 297 g/mol. The number of hydrogen-bond donors (Lipinski definition) is 1. The van der Waals surface area contributed by atoms with E-state index in [2.05, 4.69) is 20.9 Å². The maximum absolute atomic E-state index is 10.9. The molecule has 0 saturated heterocycles. The first-order valence-electron chi connectivity index (χ1n) is 4.09. The molecule has 0 spiro atoms. The number of rotatable bonds is 2. The fraction of sp³-hybridized carbons (Fsp3) is 0.571. The van der Waals surface area contributed by atoms with E-state index in [-0.39, 0.29) is 11.2 Å². The number of hydrogen-bond acceptors (Lipinski definition) is 4. The van der Waals surface area contributed by atoms with Gasteiger partial charge in [-0.2, -0.15) is 0 Å². The lowest BCUT2D eigenvalue weighted by atomic mass is 9.85. The molecule has 4 nitrogen and oxygen atoms in total. The molecule has 0 bridgehead atoms. The molecule has 1 heterocycles. The van der Waals surface area contributed by atoms with Crippen molar-refractivity contribution in [3.8, 4) is 0 Å². The van der Waals surface area contributed by atoms with Crippen LogP contribution in [0.2, 0.25) is 0 Å². The maximum atomic E-state index is 10.9. The second kappa shape index (κ2) is 3.55. The van der Waals surface area contributed by atoms with Crippen LogP contribution in [0.5, 0.6) is 0 Å². The van der Waals surface area contributed by atoms with Crippen molar-refractivity contribution in [2.24, 2.45) is 5.14 Å². The van der Waals surface area contributed by atoms with E-state index >= 15 is 0 Å². The monoisotopic (exact) mass is 296 g/mol. The quantitative estimate of drug-likeness (QED) is 0.897. The molecule has 0 aromatic carbocycles. The van der Waals surface area contributed by atoms with Crippen molar-refractivity contribution in [2.45, 2.75) is 24.0 Å². The van der Waals surface area contributed by atoms with Crippen LogP contribution in [0.3, 0.4) is 0 Å². The summed E-state index contributed by atoms with van der Waals surface area (Å²) in [6.07, 6.45) is 2.96. The third kappa shape index (κ3) is 2.00. The summed E-state index contributed by atoms with van der Waals surface area (Å²) in [7, 11) is -3.34. The molecule has 0 aliphatic heterocycles. The first kappa shape index (κ1) is 10.5. The Bertz CT molecular complexity index is 436. The molecule has 1 saturated carbocycles. The van der Waals surface area contributed by atoms with Crippen molar-refractivity contribution in [2.75, 3.05) is 0 Å². The lowest BCUT2D eigenvalue weighted by molar-refractivity contribution is 0.409. The molecule has 1 aliphatic rings. The van der Waals surface area contributed by atoms with E-state index in [1.54, 1.807) is 17.5 Å². The fourth-order valence-electron chi connectivity index (χ4n) is 1.49. The predicted molar refractivity (Wildman–Crippen MR) is 58.7 cm³/mol. The van der Waals surface area contributed by atoms with Crippen LogP contribution in [-0.4, -0.2) is 18.7 Å². The van der Waals surface area contributed by atoms with Gasteiger partial charge in [-0.1, -0.05) is 0 Å². The Labute approximate surface area is 94.7 Å². The summed E-state index contributed by atoms with van der Waals surface area (Å²) in [5, 5.41) is 5.66. The van der Waals surface area contributed by atoms with E-state index in [1.165, 1.54) is 0 Å². The highest BCUT2D eigenvalue weighted by Gasteiger charge is 2.38. The molecule has 78 valence electrons. The van der Waals surface area contributed by atoms with Crippen molar-refractivity contribution in [1.82, 2.24) is 4.98 Å². The summed E-state index contributed by atoms with van der Waals surface area (Å²) in [5.74, 6) is 0.273. The van der Waals surface area contributed by atoms with Gasteiger partial charge in [-0.3, -0.25) is 0 Å². The van der Waals surface area contributed by atoms with Crippen molar-refractivity contribution >= 4 is 37.3 Å². The van der Waals surface area contributed by atoms with E-state index < -0.39 is 10.0 Å². The Kier molecular flexibility index (Phi) is 2.67. The van der Waals surface area contributed by atoms with E-state index in [0.29, 0.717) is 12.8 Å². The highest BCUT2D eigenvalue weighted by atomic mass is 79.9. The number of nitrogens with two attached hydrogens (primary N) is 1. The van der Waals surface area contributed by atoms with Crippen LogP contribution in [-0.2, 0) is 10.0 Å². The minimum absolute atomic E-state index is 0.273. The number of halogens is 1. The molecule has 0 unspecified atom stereocenters. The van der Waals surface area contributed by atoms with Gasteiger partial charge in [-0.25, -0.2) is 18.5 Å². The van der Waals surface area contributed by atoms with Crippen LogP contribution in [0, 0.1) is 0 Å². The maximum Gasteiger partial charge on any atom is 0.212 e. The lowest BCUT2D eigenvalue weighted by Crippen LogP contribution is -2.38. The summed E-state index contributed by atoms with van der Waals surface area (Å²) in [5.41, 5.74) is 0. The second-order valence-corrected chi connectivity index (χ2v) is 7.67. The van der Waals surface area contributed by atoms with Crippen LogP contribution in [0.1, 0.15) is 23.8 Å². The molecular weight excluding hydrogens is 288 g/mol. The van der Waals surface area contributed by atoms with Crippen LogP contribution >= 0.6 is 27.3 Å². The van der Waals surface area contributed by atoms with Gasteiger partial charge in [0, 0.05) is 5.92 Å². The van der Waals surface area contributed by atoms with E-state index in [1.807, 2.05) is 0 Å². The Balaban J connectivity index is 2.02. The molecule has 2 rings (SSSR count). The smallest absolute Gasteiger partial charge is 0.212 e. The third-order valence-electron chi connectivity index (χ3n) is 2.40. The van der Waals surface area contributed by atoms with Gasteiger partial charge < -0.3 is 0 Å². The van der Waals surface area contributed by atoms with Crippen molar-refractivity contribution in [3.05, 3.63) is 15.0 Å². The van der Waals surface area contributed by atoms with E-state index in [0.717, 1.165) is 8.79 Å². The Morgan fingerprint density at radius 2 is 2.21 bits per heavy atom. The molecular formula is C7H9BrN2O2S2. The van der Waals surface area contributed by atoms with Gasteiger partial charge in [0.15, 0.2) is 0 Å². The molecule has 0 radical (unpaired) electrons. The molecule has 1 aromatic rings. The fourth-order valence-corrected chi connectivity index (χ4v) is 3.86. The summed E-state index contributed by atoms with van der Waals surface area (Å²) in [6, 6.07) is 0. The zero-order valence-electron chi connectivity index (χ0n) is 7.18. The van der Waals surface area contributed by atoms with Gasteiger partial charge in [0.1, 0.15) is 0 Å². The van der Waals surface area contributed by atoms with Crippen molar-refractivity contribution in [3.63, 3.8) is 0 Å². The van der Waals surface area contributed by atoms with E-state index in [9.17, 15) is 8.42 Å². The molecule has 14 heavy (non-hydrogen) atoms. The minimum Gasteiger partial charge on any atom is -0.248 e. The first-order valence-corrected chi connectivity index (χ1v) is 7.31. The third-order valence-corrected chi connectivity index (χ3v) is 5.36. The van der Waals surface area contributed by atoms with Crippen molar-refractivity contribution in [1.29, 1.82) is 0 Å². The minimum atomic E-state index is -3.34. The van der Waals surface area contributed by atoms with Gasteiger partial charge in [-0.15, -0.1) is 11.3 Å². The normalized spacial score (nSPS) is 27.3. The van der Waals surface area contributed by atoms with Crippen LogP contribution < -0.4 is 5.14 Å². The van der Waals surface area contributed by atoms with Gasteiger partial charge in [0.2, 0.25) is 10.0 Å². The number of sulfonamides is 1. The lowest BCUT2D eigenvalue weighted by Gasteiger charge is -2.31.